The number of aryl methyl sites for hydroxylation is 2. The number of fused-ring (bicyclic) bond motifs is 3. The van der Waals surface area contributed by atoms with Gasteiger partial charge in [-0.25, -0.2) is 0 Å². The van der Waals surface area contributed by atoms with E-state index in [-0.39, 0.29) is 11.7 Å². The van der Waals surface area contributed by atoms with Gasteiger partial charge in [0.05, 0.1) is 13.2 Å². The van der Waals surface area contributed by atoms with Crippen molar-refractivity contribution in [2.24, 2.45) is 7.05 Å². The largest absolute Gasteiger partial charge is 0.375 e. The van der Waals surface area contributed by atoms with Gasteiger partial charge in [0, 0.05) is 41.5 Å². The minimum atomic E-state index is 0.118. The summed E-state index contributed by atoms with van der Waals surface area (Å²) in [6.45, 7) is 3.34. The maximum atomic E-state index is 12.7. The standard InChI is InChI=1S/C21H21NO2/c1-14-8-9-18-17(10-14)21-16(12-24-13-19(21)22(18)2)11-20(23)15-6-4-3-5-7-15/h3-10,16H,11-13H2,1-2H3. The zero-order chi connectivity index (χ0) is 16.7. The maximum Gasteiger partial charge on any atom is 0.163 e. The third-order valence-electron chi connectivity index (χ3n) is 5.01. The number of nitrogens with zero attached hydrogens (tertiary/aromatic N) is 1. The maximum absolute atomic E-state index is 12.7. The number of hydrogen-bond donors (Lipinski definition) is 0. The van der Waals surface area contributed by atoms with Crippen LogP contribution in [0.2, 0.25) is 0 Å². The Hall–Kier alpha value is -2.39. The lowest BCUT2D eigenvalue weighted by molar-refractivity contribution is 0.0764. The van der Waals surface area contributed by atoms with Crippen molar-refractivity contribution >= 4 is 16.7 Å². The van der Waals surface area contributed by atoms with Gasteiger partial charge in [-0.15, -0.1) is 0 Å². The highest BCUT2D eigenvalue weighted by molar-refractivity contribution is 5.97. The van der Waals surface area contributed by atoms with Gasteiger partial charge < -0.3 is 9.30 Å². The zero-order valence-corrected chi connectivity index (χ0v) is 14.1. The molecule has 0 saturated carbocycles. The monoisotopic (exact) mass is 319 g/mol. The molecule has 0 bridgehead atoms. The molecule has 3 heteroatoms. The Balaban J connectivity index is 1.76. The van der Waals surface area contributed by atoms with E-state index in [0.29, 0.717) is 19.6 Å². The van der Waals surface area contributed by atoms with Crippen LogP contribution in [0.4, 0.5) is 0 Å². The van der Waals surface area contributed by atoms with Gasteiger partial charge in [-0.2, -0.15) is 0 Å². The van der Waals surface area contributed by atoms with E-state index in [0.717, 1.165) is 5.56 Å². The van der Waals surface area contributed by atoms with Crippen molar-refractivity contribution in [3.8, 4) is 0 Å². The first-order valence-electron chi connectivity index (χ1n) is 8.39. The minimum Gasteiger partial charge on any atom is -0.375 e. The van der Waals surface area contributed by atoms with Crippen LogP contribution in [-0.2, 0) is 18.4 Å². The first-order chi connectivity index (χ1) is 11.6. The van der Waals surface area contributed by atoms with E-state index in [9.17, 15) is 4.79 Å². The number of carbonyl (C=O) groups excluding carboxylic acids is 1. The molecule has 0 saturated heterocycles. The summed E-state index contributed by atoms with van der Waals surface area (Å²) >= 11 is 0. The molecule has 24 heavy (non-hydrogen) atoms. The Kier molecular flexibility index (Phi) is 3.73. The summed E-state index contributed by atoms with van der Waals surface area (Å²) in [5.74, 6) is 0.300. The van der Waals surface area contributed by atoms with E-state index in [1.54, 1.807) is 0 Å². The number of hydrogen-bond acceptors (Lipinski definition) is 2. The van der Waals surface area contributed by atoms with Crippen molar-refractivity contribution in [3.05, 3.63) is 70.9 Å². The smallest absolute Gasteiger partial charge is 0.163 e. The molecule has 2 heterocycles. The predicted molar refractivity (Wildman–Crippen MR) is 95.4 cm³/mol. The van der Waals surface area contributed by atoms with Crippen LogP contribution in [0.25, 0.3) is 10.9 Å². The topological polar surface area (TPSA) is 31.2 Å². The number of benzene rings is 2. The van der Waals surface area contributed by atoms with Gasteiger partial charge >= 0.3 is 0 Å². The lowest BCUT2D eigenvalue weighted by Crippen LogP contribution is -2.20. The number of rotatable bonds is 3. The summed E-state index contributed by atoms with van der Waals surface area (Å²) in [7, 11) is 2.08. The van der Waals surface area contributed by atoms with E-state index in [4.69, 9.17) is 4.74 Å². The Morgan fingerprint density at radius 2 is 2.00 bits per heavy atom. The van der Waals surface area contributed by atoms with Crippen molar-refractivity contribution < 1.29 is 9.53 Å². The van der Waals surface area contributed by atoms with Crippen LogP contribution in [0.3, 0.4) is 0 Å². The number of ketones is 1. The lowest BCUT2D eigenvalue weighted by Gasteiger charge is -2.24. The Morgan fingerprint density at radius 1 is 1.21 bits per heavy atom. The van der Waals surface area contributed by atoms with Gasteiger partial charge in [0.15, 0.2) is 5.78 Å². The summed E-state index contributed by atoms with van der Waals surface area (Å²) in [4.78, 5) is 12.7. The first-order valence-corrected chi connectivity index (χ1v) is 8.39. The van der Waals surface area contributed by atoms with Crippen molar-refractivity contribution in [1.29, 1.82) is 0 Å². The van der Waals surface area contributed by atoms with Crippen LogP contribution in [0.15, 0.2) is 48.5 Å². The Morgan fingerprint density at radius 3 is 2.79 bits per heavy atom. The summed E-state index contributed by atoms with van der Waals surface area (Å²) in [5, 5.41) is 1.27. The van der Waals surface area contributed by atoms with Crippen LogP contribution >= 0.6 is 0 Å². The second kappa shape index (κ2) is 5.91. The van der Waals surface area contributed by atoms with Crippen molar-refractivity contribution in [1.82, 2.24) is 4.57 Å². The number of ether oxygens (including phenoxy) is 1. The Labute approximate surface area is 141 Å². The average molecular weight is 319 g/mol. The zero-order valence-electron chi connectivity index (χ0n) is 14.1. The van der Waals surface area contributed by atoms with Gasteiger partial charge in [-0.1, -0.05) is 42.0 Å². The van der Waals surface area contributed by atoms with E-state index in [1.165, 1.54) is 27.7 Å². The van der Waals surface area contributed by atoms with Crippen molar-refractivity contribution in [2.75, 3.05) is 6.61 Å². The highest BCUT2D eigenvalue weighted by Crippen LogP contribution is 2.38. The minimum absolute atomic E-state index is 0.118. The summed E-state index contributed by atoms with van der Waals surface area (Å²) in [6, 6.07) is 16.1. The van der Waals surface area contributed by atoms with Gasteiger partial charge in [-0.3, -0.25) is 4.79 Å². The fourth-order valence-corrected chi connectivity index (χ4v) is 3.78. The quantitative estimate of drug-likeness (QED) is 0.671. The molecule has 0 spiro atoms. The molecule has 1 aliphatic heterocycles. The third-order valence-corrected chi connectivity index (χ3v) is 5.01. The molecule has 2 aromatic carbocycles. The van der Waals surface area contributed by atoms with E-state index < -0.39 is 0 Å². The van der Waals surface area contributed by atoms with E-state index in [2.05, 4.69) is 36.7 Å². The van der Waals surface area contributed by atoms with Gasteiger partial charge in [0.25, 0.3) is 0 Å². The fraction of sp³-hybridized carbons (Fsp3) is 0.286. The molecule has 1 aromatic heterocycles. The summed E-state index contributed by atoms with van der Waals surface area (Å²) in [6.07, 6.45) is 0.490. The van der Waals surface area contributed by atoms with Crippen molar-refractivity contribution in [2.45, 2.75) is 25.9 Å². The number of carbonyl (C=O) groups is 1. The molecule has 0 N–H and O–H groups in total. The van der Waals surface area contributed by atoms with Gasteiger partial charge in [-0.05, 0) is 24.6 Å². The SMILES string of the molecule is Cc1ccc2c(c1)c1c(n2C)COCC1CC(=O)c1ccccc1. The second-order valence-corrected chi connectivity index (χ2v) is 6.65. The molecule has 122 valence electrons. The molecule has 3 aromatic rings. The Bertz CT molecular complexity index is 908. The molecule has 0 amide bonds. The number of aromatic nitrogens is 1. The van der Waals surface area contributed by atoms with Crippen molar-refractivity contribution in [3.63, 3.8) is 0 Å². The predicted octanol–water partition coefficient (Wildman–Crippen LogP) is 4.37. The summed E-state index contributed by atoms with van der Waals surface area (Å²) in [5.41, 5.74) is 5.74. The van der Waals surface area contributed by atoms with Crippen LogP contribution in [0, 0.1) is 6.92 Å². The molecule has 0 fully saturated rings. The normalized spacial score (nSPS) is 17.0. The first kappa shape index (κ1) is 15.2. The second-order valence-electron chi connectivity index (χ2n) is 6.65. The van der Waals surface area contributed by atoms with E-state index >= 15 is 0 Å². The molecule has 3 nitrogen and oxygen atoms in total. The molecular formula is C21H21NO2. The molecule has 1 atom stereocenters. The molecule has 1 aliphatic rings. The molecule has 0 aliphatic carbocycles. The number of Topliss-reactive ketones (excluding diaryl/α,β-unsaturated/α-hetero) is 1. The van der Waals surface area contributed by atoms with Crippen LogP contribution in [0.5, 0.6) is 0 Å². The van der Waals surface area contributed by atoms with Gasteiger partial charge in [0.1, 0.15) is 0 Å². The molecular weight excluding hydrogens is 298 g/mol. The lowest BCUT2D eigenvalue weighted by atomic mass is 9.88. The van der Waals surface area contributed by atoms with E-state index in [1.807, 2.05) is 30.3 Å². The molecule has 1 unspecified atom stereocenters. The summed E-state index contributed by atoms with van der Waals surface area (Å²) < 4.78 is 8.02. The van der Waals surface area contributed by atoms with Gasteiger partial charge in [0.2, 0.25) is 0 Å². The third kappa shape index (κ3) is 2.45. The highest BCUT2D eigenvalue weighted by atomic mass is 16.5. The molecule has 4 rings (SSSR count). The van der Waals surface area contributed by atoms with Crippen LogP contribution in [-0.4, -0.2) is 17.0 Å². The average Bonchev–Trinajstić information content (AvgIpc) is 2.89. The molecule has 0 radical (unpaired) electrons. The highest BCUT2D eigenvalue weighted by Gasteiger charge is 2.29. The van der Waals surface area contributed by atoms with Crippen LogP contribution < -0.4 is 0 Å². The van der Waals surface area contributed by atoms with Crippen LogP contribution in [0.1, 0.15) is 39.5 Å². The fourth-order valence-electron chi connectivity index (χ4n) is 3.78.